The minimum absolute atomic E-state index is 0.400. The number of hydrogen-bond acceptors (Lipinski definition) is 2. The number of carbonyl (C=O) groups excluding carboxylic acids is 1. The first-order valence-corrected chi connectivity index (χ1v) is 4.51. The summed E-state index contributed by atoms with van der Waals surface area (Å²) in [5, 5.41) is 8.66. The van der Waals surface area contributed by atoms with Gasteiger partial charge in [-0.25, -0.2) is 9.69 Å². The third kappa shape index (κ3) is 2.56. The van der Waals surface area contributed by atoms with Crippen molar-refractivity contribution in [1.82, 2.24) is 4.90 Å². The lowest BCUT2D eigenvalue weighted by Gasteiger charge is -2.11. The highest BCUT2D eigenvalue weighted by molar-refractivity contribution is 6.02. The van der Waals surface area contributed by atoms with Crippen LogP contribution in [-0.4, -0.2) is 29.1 Å². The Bertz CT molecular complexity index is 392. The number of benzene rings is 1. The Labute approximate surface area is 88.1 Å². The smallest absolute Gasteiger partial charge is 0.414 e. The minimum atomic E-state index is -1.25. The summed E-state index contributed by atoms with van der Waals surface area (Å²) in [6, 6.07) is 5.28. The van der Waals surface area contributed by atoms with Crippen LogP contribution in [-0.2, 0) is 0 Å². The molecular formula is C11H13NO3. The molecule has 0 bridgehead atoms. The Kier molecular flexibility index (Phi) is 3.09. The van der Waals surface area contributed by atoms with Gasteiger partial charge in [0, 0.05) is 12.6 Å². The van der Waals surface area contributed by atoms with Gasteiger partial charge >= 0.3 is 6.09 Å². The van der Waals surface area contributed by atoms with Crippen molar-refractivity contribution >= 4 is 12.0 Å². The highest BCUT2D eigenvalue weighted by Crippen LogP contribution is 2.10. The third-order valence-electron chi connectivity index (χ3n) is 2.06. The molecule has 0 aromatic heterocycles. The van der Waals surface area contributed by atoms with Crippen LogP contribution in [0.5, 0.6) is 0 Å². The molecule has 1 rings (SSSR count). The van der Waals surface area contributed by atoms with E-state index < -0.39 is 12.0 Å². The van der Waals surface area contributed by atoms with Crippen molar-refractivity contribution in [1.29, 1.82) is 0 Å². The first kappa shape index (κ1) is 11.2. The SMILES string of the molecule is Cc1cc(C)cc(C(=O)N(C)C(=O)O)c1. The fourth-order valence-electron chi connectivity index (χ4n) is 1.38. The monoisotopic (exact) mass is 207 g/mol. The van der Waals surface area contributed by atoms with E-state index in [-0.39, 0.29) is 0 Å². The highest BCUT2D eigenvalue weighted by atomic mass is 16.4. The summed E-state index contributed by atoms with van der Waals surface area (Å²) in [5.74, 6) is -0.505. The molecule has 1 aromatic carbocycles. The Morgan fingerprint density at radius 1 is 1.13 bits per heavy atom. The van der Waals surface area contributed by atoms with Gasteiger partial charge in [0.05, 0.1) is 0 Å². The van der Waals surface area contributed by atoms with Gasteiger partial charge in [-0.05, 0) is 26.0 Å². The summed E-state index contributed by atoms with van der Waals surface area (Å²) in [5.41, 5.74) is 2.28. The van der Waals surface area contributed by atoms with E-state index in [0.717, 1.165) is 11.1 Å². The lowest BCUT2D eigenvalue weighted by atomic mass is 10.1. The fourth-order valence-corrected chi connectivity index (χ4v) is 1.38. The second-order valence-electron chi connectivity index (χ2n) is 3.52. The Morgan fingerprint density at radius 2 is 1.60 bits per heavy atom. The van der Waals surface area contributed by atoms with Gasteiger partial charge in [-0.1, -0.05) is 17.2 Å². The normalized spacial score (nSPS) is 9.80. The summed E-state index contributed by atoms with van der Waals surface area (Å²) in [6.45, 7) is 3.73. The van der Waals surface area contributed by atoms with Crippen molar-refractivity contribution in [3.63, 3.8) is 0 Å². The number of nitrogens with zero attached hydrogens (tertiary/aromatic N) is 1. The Hall–Kier alpha value is -1.84. The van der Waals surface area contributed by atoms with Gasteiger partial charge in [0.15, 0.2) is 0 Å². The fraction of sp³-hybridized carbons (Fsp3) is 0.273. The summed E-state index contributed by atoms with van der Waals surface area (Å²) in [6.07, 6.45) is -1.25. The summed E-state index contributed by atoms with van der Waals surface area (Å²) >= 11 is 0. The molecule has 0 fully saturated rings. The summed E-state index contributed by atoms with van der Waals surface area (Å²) in [7, 11) is 1.24. The van der Waals surface area contributed by atoms with E-state index in [9.17, 15) is 9.59 Å². The van der Waals surface area contributed by atoms with Gasteiger partial charge in [-0.3, -0.25) is 4.79 Å². The number of carbonyl (C=O) groups is 2. The predicted molar refractivity (Wildman–Crippen MR) is 56.0 cm³/mol. The zero-order valence-electron chi connectivity index (χ0n) is 8.94. The molecule has 0 saturated heterocycles. The van der Waals surface area contributed by atoms with E-state index in [1.807, 2.05) is 19.9 Å². The second kappa shape index (κ2) is 4.13. The Morgan fingerprint density at radius 3 is 2.00 bits per heavy atom. The van der Waals surface area contributed by atoms with Crippen LogP contribution in [0.1, 0.15) is 21.5 Å². The van der Waals surface area contributed by atoms with Crippen LogP contribution in [0.15, 0.2) is 18.2 Å². The molecule has 0 spiro atoms. The molecule has 0 atom stereocenters. The van der Waals surface area contributed by atoms with E-state index in [4.69, 9.17) is 5.11 Å². The number of aryl methyl sites for hydroxylation is 2. The van der Waals surface area contributed by atoms with Crippen LogP contribution in [0.4, 0.5) is 4.79 Å². The van der Waals surface area contributed by atoms with E-state index >= 15 is 0 Å². The van der Waals surface area contributed by atoms with Crippen LogP contribution < -0.4 is 0 Å². The molecule has 4 heteroatoms. The standard InChI is InChI=1S/C11H13NO3/c1-7-4-8(2)6-9(5-7)10(13)12(3)11(14)15/h4-6H,1-3H3,(H,14,15). The molecule has 80 valence electrons. The van der Waals surface area contributed by atoms with Crippen molar-refractivity contribution in [2.45, 2.75) is 13.8 Å². The average molecular weight is 207 g/mol. The zero-order chi connectivity index (χ0) is 11.6. The Balaban J connectivity index is 3.06. The van der Waals surface area contributed by atoms with Crippen molar-refractivity contribution in [3.8, 4) is 0 Å². The van der Waals surface area contributed by atoms with Crippen molar-refractivity contribution in [2.75, 3.05) is 7.05 Å². The zero-order valence-corrected chi connectivity index (χ0v) is 8.94. The molecule has 4 nitrogen and oxygen atoms in total. The number of rotatable bonds is 1. The van der Waals surface area contributed by atoms with Gasteiger partial charge in [-0.2, -0.15) is 0 Å². The summed E-state index contributed by atoms with van der Waals surface area (Å²) < 4.78 is 0. The molecule has 1 N–H and O–H groups in total. The molecule has 0 aliphatic heterocycles. The molecule has 0 aliphatic rings. The van der Waals surface area contributed by atoms with Gasteiger partial charge in [-0.15, -0.1) is 0 Å². The maximum absolute atomic E-state index is 11.6. The molecule has 0 radical (unpaired) electrons. The molecule has 0 heterocycles. The second-order valence-corrected chi connectivity index (χ2v) is 3.52. The average Bonchev–Trinajstić information content (AvgIpc) is 2.13. The first-order valence-electron chi connectivity index (χ1n) is 4.51. The molecule has 0 unspecified atom stereocenters. The first-order chi connectivity index (χ1) is 6.91. The maximum atomic E-state index is 11.6. The number of carboxylic acid groups (broad SMARTS) is 1. The van der Waals surface area contributed by atoms with Crippen LogP contribution in [0.2, 0.25) is 0 Å². The third-order valence-corrected chi connectivity index (χ3v) is 2.06. The van der Waals surface area contributed by atoms with E-state index in [2.05, 4.69) is 0 Å². The van der Waals surface area contributed by atoms with Crippen molar-refractivity contribution < 1.29 is 14.7 Å². The van der Waals surface area contributed by atoms with Crippen LogP contribution in [0.3, 0.4) is 0 Å². The molecule has 1 aromatic rings. The maximum Gasteiger partial charge on any atom is 0.414 e. The minimum Gasteiger partial charge on any atom is -0.465 e. The number of imide groups is 1. The lowest BCUT2D eigenvalue weighted by molar-refractivity contribution is 0.0781. The van der Waals surface area contributed by atoms with Gasteiger partial charge in [0.25, 0.3) is 5.91 Å². The quantitative estimate of drug-likeness (QED) is 0.766. The molecule has 15 heavy (non-hydrogen) atoms. The van der Waals surface area contributed by atoms with Gasteiger partial charge < -0.3 is 5.11 Å². The van der Waals surface area contributed by atoms with Gasteiger partial charge in [0.1, 0.15) is 0 Å². The molecule has 0 aliphatic carbocycles. The molecule has 2 amide bonds. The topological polar surface area (TPSA) is 57.6 Å². The van der Waals surface area contributed by atoms with Gasteiger partial charge in [0.2, 0.25) is 0 Å². The van der Waals surface area contributed by atoms with E-state index in [0.29, 0.717) is 10.5 Å². The van der Waals surface area contributed by atoms with Crippen molar-refractivity contribution in [3.05, 3.63) is 34.9 Å². The number of hydrogen-bond donors (Lipinski definition) is 1. The van der Waals surface area contributed by atoms with Crippen molar-refractivity contribution in [2.24, 2.45) is 0 Å². The largest absolute Gasteiger partial charge is 0.465 e. The molecular weight excluding hydrogens is 194 g/mol. The van der Waals surface area contributed by atoms with Crippen LogP contribution in [0.25, 0.3) is 0 Å². The number of amides is 2. The lowest BCUT2D eigenvalue weighted by Crippen LogP contribution is -2.31. The van der Waals surface area contributed by atoms with E-state index in [1.165, 1.54) is 7.05 Å². The highest BCUT2D eigenvalue weighted by Gasteiger charge is 2.17. The van der Waals surface area contributed by atoms with E-state index in [1.54, 1.807) is 12.1 Å². The molecule has 0 saturated carbocycles. The predicted octanol–water partition coefficient (Wildman–Crippen LogP) is 2.05. The van der Waals surface area contributed by atoms with Crippen LogP contribution in [0, 0.1) is 13.8 Å². The summed E-state index contributed by atoms with van der Waals surface area (Å²) in [4.78, 5) is 22.9. The van der Waals surface area contributed by atoms with Crippen LogP contribution >= 0.6 is 0 Å².